The molecule has 0 aromatic carbocycles. The van der Waals surface area contributed by atoms with E-state index in [1.807, 2.05) is 6.92 Å². The number of nitrogens with one attached hydrogen (secondary N) is 1. The number of amides is 1. The van der Waals surface area contributed by atoms with Crippen LogP contribution >= 0.6 is 11.3 Å². The second-order valence-corrected chi connectivity index (χ2v) is 6.86. The molecular formula is C15H22N2O3S. The van der Waals surface area contributed by atoms with Gasteiger partial charge >= 0.3 is 5.97 Å². The standard InChI is InChI=1S/C15H22N2O3S/c1-9-6-4-5-7-12(9)17-13(18)8-20-15(19)14-10(2)16-11(3)21-14/h9,12H,4-8H2,1-3H3,(H,17,18)/t9-,12-/m1/s1. The third-order valence-corrected chi connectivity index (χ3v) is 4.93. The lowest BCUT2D eigenvalue weighted by Gasteiger charge is -2.29. The molecule has 21 heavy (non-hydrogen) atoms. The Labute approximate surface area is 129 Å². The topological polar surface area (TPSA) is 68.3 Å². The van der Waals surface area contributed by atoms with Gasteiger partial charge in [-0.2, -0.15) is 0 Å². The Hall–Kier alpha value is -1.43. The summed E-state index contributed by atoms with van der Waals surface area (Å²) in [4.78, 5) is 28.4. The highest BCUT2D eigenvalue weighted by atomic mass is 32.1. The maximum Gasteiger partial charge on any atom is 0.350 e. The van der Waals surface area contributed by atoms with Gasteiger partial charge in [0.1, 0.15) is 4.88 Å². The van der Waals surface area contributed by atoms with Gasteiger partial charge in [-0.15, -0.1) is 11.3 Å². The normalized spacial score (nSPS) is 21.9. The van der Waals surface area contributed by atoms with Crippen molar-refractivity contribution in [1.82, 2.24) is 10.3 Å². The van der Waals surface area contributed by atoms with Gasteiger partial charge < -0.3 is 10.1 Å². The molecule has 0 unspecified atom stereocenters. The Kier molecular flexibility index (Phi) is 5.33. The summed E-state index contributed by atoms with van der Waals surface area (Å²) in [5.41, 5.74) is 0.656. The van der Waals surface area contributed by atoms with Gasteiger partial charge in [0.05, 0.1) is 10.7 Å². The van der Waals surface area contributed by atoms with Crippen molar-refractivity contribution in [2.24, 2.45) is 5.92 Å². The van der Waals surface area contributed by atoms with E-state index in [0.717, 1.165) is 24.3 Å². The first-order chi connectivity index (χ1) is 9.97. The van der Waals surface area contributed by atoms with E-state index in [0.29, 0.717) is 16.5 Å². The Morgan fingerprint density at radius 1 is 1.33 bits per heavy atom. The minimum absolute atomic E-state index is 0.206. The lowest BCUT2D eigenvalue weighted by molar-refractivity contribution is -0.125. The fourth-order valence-electron chi connectivity index (χ4n) is 2.70. The molecule has 1 heterocycles. The van der Waals surface area contributed by atoms with Gasteiger partial charge in [-0.1, -0.05) is 19.8 Å². The second-order valence-electron chi connectivity index (χ2n) is 5.66. The van der Waals surface area contributed by atoms with E-state index >= 15 is 0 Å². The number of nitrogens with zero attached hydrogens (tertiary/aromatic N) is 1. The van der Waals surface area contributed by atoms with Gasteiger partial charge in [0.15, 0.2) is 6.61 Å². The lowest BCUT2D eigenvalue weighted by Crippen LogP contribution is -2.42. The molecule has 0 bridgehead atoms. The van der Waals surface area contributed by atoms with Crippen LogP contribution in [-0.2, 0) is 9.53 Å². The highest BCUT2D eigenvalue weighted by Crippen LogP contribution is 2.23. The van der Waals surface area contributed by atoms with Gasteiger partial charge in [0, 0.05) is 6.04 Å². The molecule has 0 saturated heterocycles. The van der Waals surface area contributed by atoms with Crippen LogP contribution < -0.4 is 5.32 Å². The summed E-state index contributed by atoms with van der Waals surface area (Å²) in [7, 11) is 0. The van der Waals surface area contributed by atoms with Crippen molar-refractivity contribution in [3.05, 3.63) is 15.6 Å². The maximum absolute atomic E-state index is 11.9. The van der Waals surface area contributed by atoms with Gasteiger partial charge in [0.2, 0.25) is 0 Å². The third kappa shape index (κ3) is 4.27. The molecule has 1 aliphatic rings. The Morgan fingerprint density at radius 2 is 2.05 bits per heavy atom. The van der Waals surface area contributed by atoms with Crippen molar-refractivity contribution < 1.29 is 14.3 Å². The summed E-state index contributed by atoms with van der Waals surface area (Å²) in [5, 5.41) is 3.79. The van der Waals surface area contributed by atoms with E-state index in [9.17, 15) is 9.59 Å². The number of thiazole rings is 1. The highest BCUT2D eigenvalue weighted by Gasteiger charge is 2.23. The smallest absolute Gasteiger partial charge is 0.350 e. The van der Waals surface area contributed by atoms with Crippen molar-refractivity contribution in [1.29, 1.82) is 0 Å². The molecule has 2 atom stereocenters. The summed E-state index contributed by atoms with van der Waals surface area (Å²) in [6.45, 7) is 5.54. The van der Waals surface area contributed by atoms with E-state index in [-0.39, 0.29) is 18.6 Å². The largest absolute Gasteiger partial charge is 0.451 e. The molecule has 1 N–H and O–H groups in total. The molecule has 116 valence electrons. The highest BCUT2D eigenvalue weighted by molar-refractivity contribution is 7.13. The van der Waals surface area contributed by atoms with Crippen molar-refractivity contribution in [2.75, 3.05) is 6.61 Å². The minimum Gasteiger partial charge on any atom is -0.451 e. The van der Waals surface area contributed by atoms with E-state index < -0.39 is 5.97 Å². The summed E-state index contributed by atoms with van der Waals surface area (Å²) in [6.07, 6.45) is 4.53. The molecule has 1 saturated carbocycles. The van der Waals surface area contributed by atoms with E-state index in [1.54, 1.807) is 6.92 Å². The van der Waals surface area contributed by atoms with Gasteiger partial charge in [-0.25, -0.2) is 9.78 Å². The van der Waals surface area contributed by atoms with Crippen LogP contribution in [0.1, 0.15) is 53.0 Å². The first-order valence-corrected chi connectivity index (χ1v) is 8.19. The SMILES string of the molecule is Cc1nc(C)c(C(=O)OCC(=O)N[C@@H]2CCCC[C@H]2C)s1. The number of hydrogen-bond donors (Lipinski definition) is 1. The number of esters is 1. The number of carbonyl (C=O) groups excluding carboxylic acids is 2. The molecule has 1 aromatic heterocycles. The number of ether oxygens (including phenoxy) is 1. The minimum atomic E-state index is -0.468. The van der Waals surface area contributed by atoms with E-state index in [2.05, 4.69) is 17.2 Å². The van der Waals surface area contributed by atoms with Gasteiger partial charge in [-0.3, -0.25) is 4.79 Å². The molecule has 0 radical (unpaired) electrons. The summed E-state index contributed by atoms with van der Waals surface area (Å²) < 4.78 is 5.08. The fraction of sp³-hybridized carbons (Fsp3) is 0.667. The fourth-order valence-corrected chi connectivity index (χ4v) is 3.51. The van der Waals surface area contributed by atoms with Crippen LogP contribution in [0.5, 0.6) is 0 Å². The molecule has 6 heteroatoms. The third-order valence-electron chi connectivity index (χ3n) is 3.88. The van der Waals surface area contributed by atoms with Crippen molar-refractivity contribution >= 4 is 23.2 Å². The lowest BCUT2D eigenvalue weighted by atomic mass is 9.86. The summed E-state index contributed by atoms with van der Waals surface area (Å²) >= 11 is 1.29. The van der Waals surface area contributed by atoms with Crippen LogP contribution in [0.2, 0.25) is 0 Å². The molecule has 0 spiro atoms. The molecule has 2 rings (SSSR count). The van der Waals surface area contributed by atoms with E-state index in [1.165, 1.54) is 17.8 Å². The van der Waals surface area contributed by atoms with Gasteiger partial charge in [-0.05, 0) is 32.6 Å². The number of aryl methyl sites for hydroxylation is 2. The van der Waals surface area contributed by atoms with Crippen LogP contribution in [0.15, 0.2) is 0 Å². The summed E-state index contributed by atoms with van der Waals surface area (Å²) in [5.74, 6) is -0.198. The van der Waals surface area contributed by atoms with Crippen LogP contribution in [0.3, 0.4) is 0 Å². The molecule has 1 amide bonds. The van der Waals surface area contributed by atoms with Crippen molar-refractivity contribution in [3.8, 4) is 0 Å². The summed E-state index contributed by atoms with van der Waals surface area (Å²) in [6, 6.07) is 0.206. The number of hydrogen-bond acceptors (Lipinski definition) is 5. The second kappa shape index (κ2) is 7.02. The number of rotatable bonds is 4. The first-order valence-electron chi connectivity index (χ1n) is 7.38. The van der Waals surface area contributed by atoms with Crippen LogP contribution in [0.25, 0.3) is 0 Å². The van der Waals surface area contributed by atoms with Gasteiger partial charge in [0.25, 0.3) is 5.91 Å². The molecule has 1 aromatic rings. The van der Waals surface area contributed by atoms with Crippen molar-refractivity contribution in [3.63, 3.8) is 0 Å². The molecule has 0 aliphatic heterocycles. The molecule has 5 nitrogen and oxygen atoms in total. The molecule has 1 aliphatic carbocycles. The average molecular weight is 310 g/mol. The zero-order chi connectivity index (χ0) is 15.4. The van der Waals surface area contributed by atoms with Crippen molar-refractivity contribution in [2.45, 2.75) is 52.5 Å². The van der Waals surface area contributed by atoms with Crippen LogP contribution in [0, 0.1) is 19.8 Å². The monoisotopic (exact) mass is 310 g/mol. The number of aromatic nitrogens is 1. The molecular weight excluding hydrogens is 288 g/mol. The average Bonchev–Trinajstić information content (AvgIpc) is 2.78. The zero-order valence-corrected chi connectivity index (χ0v) is 13.6. The Balaban J connectivity index is 1.81. The predicted octanol–water partition coefficient (Wildman–Crippen LogP) is 2.61. The van der Waals surface area contributed by atoms with E-state index in [4.69, 9.17) is 4.74 Å². The Bertz CT molecular complexity index is 527. The first kappa shape index (κ1) is 15.9. The van der Waals surface area contributed by atoms with Crippen LogP contribution in [-0.4, -0.2) is 29.5 Å². The zero-order valence-electron chi connectivity index (χ0n) is 12.8. The van der Waals surface area contributed by atoms with Crippen LogP contribution in [0.4, 0.5) is 0 Å². The quantitative estimate of drug-likeness (QED) is 0.868. The Morgan fingerprint density at radius 3 is 2.67 bits per heavy atom. The molecule has 1 fully saturated rings. The maximum atomic E-state index is 11.9. The predicted molar refractivity (Wildman–Crippen MR) is 81.4 cm³/mol. The number of carbonyl (C=O) groups is 2.